The van der Waals surface area contributed by atoms with Crippen molar-refractivity contribution in [1.29, 1.82) is 0 Å². The molecular formula is C14H27UW-. The zero-order valence-electron chi connectivity index (χ0n) is 11.9. The first-order chi connectivity index (χ1) is 6.39. The molecule has 0 radical (unpaired) electrons. The number of benzene rings is 1. The molecule has 0 atom stereocenters. The van der Waals surface area contributed by atoms with Gasteiger partial charge in [0, 0.05) is 21.1 Å². The van der Waals surface area contributed by atoms with E-state index in [0.29, 0.717) is 0 Å². The molecule has 0 fully saturated rings. The SMILES string of the molecule is CC.CC.CC.[CH2-]c1[c-]cccc1.[CH3-].[U+2].[W]. The third-order valence-corrected chi connectivity index (χ3v) is 0.773. The predicted molar refractivity (Wildman–Crippen MR) is 70.2 cm³/mol. The Morgan fingerprint density at radius 1 is 0.938 bits per heavy atom. The molecule has 1 rings (SSSR count). The van der Waals surface area contributed by atoms with Gasteiger partial charge in [-0.25, -0.2) is 0 Å². The number of hydrogen-bond acceptors (Lipinski definition) is 0. The Kier molecular flexibility index (Phi) is 100. The summed E-state index contributed by atoms with van der Waals surface area (Å²) in [6, 6.07) is 10.6. The van der Waals surface area contributed by atoms with Gasteiger partial charge in [0.15, 0.2) is 0 Å². The Labute approximate surface area is 143 Å². The van der Waals surface area contributed by atoms with Gasteiger partial charge in [0.2, 0.25) is 0 Å². The fraction of sp³-hybridized carbons (Fsp3) is 0.429. The first kappa shape index (κ1) is 36.0. The quantitative estimate of drug-likeness (QED) is 0.352. The van der Waals surface area contributed by atoms with E-state index in [1.165, 1.54) is 0 Å². The van der Waals surface area contributed by atoms with Crippen molar-refractivity contribution in [2.24, 2.45) is 0 Å². The van der Waals surface area contributed by atoms with Crippen molar-refractivity contribution in [2.45, 2.75) is 41.5 Å². The Morgan fingerprint density at radius 2 is 1.31 bits per heavy atom. The molecule has 0 saturated carbocycles. The van der Waals surface area contributed by atoms with Crippen molar-refractivity contribution in [3.63, 3.8) is 0 Å². The van der Waals surface area contributed by atoms with E-state index in [-0.39, 0.29) is 59.6 Å². The first-order valence-corrected chi connectivity index (χ1v) is 5.18. The summed E-state index contributed by atoms with van der Waals surface area (Å²) in [5, 5.41) is 0. The van der Waals surface area contributed by atoms with Crippen LogP contribution in [0.2, 0.25) is 0 Å². The second-order valence-corrected chi connectivity index (χ2v) is 1.39. The molecule has 0 saturated heterocycles. The van der Waals surface area contributed by atoms with Gasteiger partial charge in [0.1, 0.15) is 0 Å². The minimum atomic E-state index is 0. The molecule has 0 heterocycles. The Bertz CT molecular complexity index is 141. The second kappa shape index (κ2) is 44.7. The van der Waals surface area contributed by atoms with Crippen molar-refractivity contribution in [3.05, 3.63) is 50.2 Å². The number of hydrogen-bond donors (Lipinski definition) is 0. The summed E-state index contributed by atoms with van der Waals surface area (Å²) in [5.41, 5.74) is 0.947. The van der Waals surface area contributed by atoms with Crippen LogP contribution < -0.4 is 0 Å². The van der Waals surface area contributed by atoms with Gasteiger partial charge < -0.3 is 26.0 Å². The Balaban J connectivity index is -0.0000000248. The average Bonchev–Trinajstić information content (AvgIpc) is 2.28. The van der Waals surface area contributed by atoms with Crippen molar-refractivity contribution >= 4 is 0 Å². The third-order valence-electron chi connectivity index (χ3n) is 0.773. The minimum absolute atomic E-state index is 0. The summed E-state index contributed by atoms with van der Waals surface area (Å²) in [5.74, 6) is 0. The van der Waals surface area contributed by atoms with Crippen LogP contribution in [0.1, 0.15) is 47.1 Å². The molecule has 94 valence electrons. The van der Waals surface area contributed by atoms with Crippen molar-refractivity contribution in [1.82, 2.24) is 0 Å². The van der Waals surface area contributed by atoms with Crippen LogP contribution in [0.3, 0.4) is 0 Å². The topological polar surface area (TPSA) is 0 Å². The van der Waals surface area contributed by atoms with E-state index < -0.39 is 0 Å². The van der Waals surface area contributed by atoms with Crippen LogP contribution in [0.4, 0.5) is 0 Å². The molecule has 1 aromatic carbocycles. The van der Waals surface area contributed by atoms with Crippen molar-refractivity contribution in [2.75, 3.05) is 0 Å². The van der Waals surface area contributed by atoms with Gasteiger partial charge in [-0.3, -0.25) is 6.07 Å². The Morgan fingerprint density at radius 3 is 1.44 bits per heavy atom. The van der Waals surface area contributed by atoms with Gasteiger partial charge in [-0.15, -0.1) is 6.07 Å². The largest absolute Gasteiger partial charge is 2.00 e. The van der Waals surface area contributed by atoms with Crippen LogP contribution in [-0.4, -0.2) is 0 Å². The van der Waals surface area contributed by atoms with Crippen LogP contribution in [-0.2, 0) is 21.1 Å². The second-order valence-electron chi connectivity index (χ2n) is 1.39. The van der Waals surface area contributed by atoms with E-state index in [0.717, 1.165) is 5.56 Å². The van der Waals surface area contributed by atoms with Crippen LogP contribution >= 0.6 is 0 Å². The van der Waals surface area contributed by atoms with Gasteiger partial charge in [-0.05, 0) is 0 Å². The minimum Gasteiger partial charge on any atom is -0.374 e. The van der Waals surface area contributed by atoms with E-state index in [1.54, 1.807) is 0 Å². The maximum atomic E-state index is 3.66. The summed E-state index contributed by atoms with van der Waals surface area (Å²) in [6.07, 6.45) is 0. The molecule has 0 aromatic heterocycles. The van der Waals surface area contributed by atoms with Gasteiger partial charge in [0.25, 0.3) is 0 Å². The van der Waals surface area contributed by atoms with Crippen LogP contribution in [0, 0.1) is 51.5 Å². The van der Waals surface area contributed by atoms with Gasteiger partial charge in [-0.2, -0.15) is 12.1 Å². The maximum absolute atomic E-state index is 3.66. The molecule has 16 heavy (non-hydrogen) atoms. The van der Waals surface area contributed by atoms with Gasteiger partial charge in [0.05, 0.1) is 0 Å². The van der Waals surface area contributed by atoms with E-state index in [9.17, 15) is 0 Å². The van der Waals surface area contributed by atoms with Crippen LogP contribution in [0.15, 0.2) is 24.3 Å². The summed E-state index contributed by atoms with van der Waals surface area (Å²) in [6.45, 7) is 15.7. The molecule has 2 heteroatoms. The first-order valence-electron chi connectivity index (χ1n) is 5.18. The van der Waals surface area contributed by atoms with E-state index in [2.05, 4.69) is 13.0 Å². The molecule has 0 N–H and O–H groups in total. The molecule has 1 aromatic rings. The van der Waals surface area contributed by atoms with E-state index >= 15 is 0 Å². The average molecular weight is 617 g/mol. The summed E-state index contributed by atoms with van der Waals surface area (Å²) in [7, 11) is 0. The smallest absolute Gasteiger partial charge is 0.374 e. The van der Waals surface area contributed by atoms with Crippen molar-refractivity contribution in [3.8, 4) is 0 Å². The molecule has 0 amide bonds. The molecule has 0 spiro atoms. The molecule has 0 unspecified atom stereocenters. The van der Waals surface area contributed by atoms with Gasteiger partial charge >= 0.3 is 31.1 Å². The Hall–Kier alpha value is 0.830. The normalized spacial score (nSPS) is 4.88. The maximum Gasteiger partial charge on any atom is 2.00 e. The number of rotatable bonds is 0. The summed E-state index contributed by atoms with van der Waals surface area (Å²) < 4.78 is 0. The fourth-order valence-corrected chi connectivity index (χ4v) is 0.431. The van der Waals surface area contributed by atoms with Crippen LogP contribution in [0.5, 0.6) is 0 Å². The third kappa shape index (κ3) is 36.4. The molecule has 0 aliphatic rings. The van der Waals surface area contributed by atoms with Crippen LogP contribution in [0.25, 0.3) is 0 Å². The molecule has 0 aliphatic heterocycles. The molecular weight excluding hydrogens is 590 g/mol. The monoisotopic (exact) mass is 617 g/mol. The predicted octanol–water partition coefficient (Wildman–Crippen LogP) is 5.20. The summed E-state index contributed by atoms with van der Waals surface area (Å²) >= 11 is 0. The van der Waals surface area contributed by atoms with E-state index in [1.807, 2.05) is 65.8 Å². The van der Waals surface area contributed by atoms with Gasteiger partial charge in [-0.1, -0.05) is 41.5 Å². The van der Waals surface area contributed by atoms with Crippen molar-refractivity contribution < 1.29 is 52.2 Å². The summed E-state index contributed by atoms with van der Waals surface area (Å²) in [4.78, 5) is 0. The molecule has 0 bridgehead atoms. The molecule has 0 nitrogen and oxygen atoms in total. The molecule has 0 aliphatic carbocycles. The zero-order valence-corrected chi connectivity index (χ0v) is 19.0. The fourth-order valence-electron chi connectivity index (χ4n) is 0.431. The zero-order chi connectivity index (χ0) is 11.1. The van der Waals surface area contributed by atoms with E-state index in [4.69, 9.17) is 0 Å². The standard InChI is InChI=1S/C7H6.3C2H6.CH3.U.W/c1-7-5-3-2-4-6-7;3*1-2;;;/h2-5H,1H2;3*1-2H3;1H3;;/q-2;;;;-1;+2;.